The lowest BCUT2D eigenvalue weighted by atomic mass is 10.1. The van der Waals surface area contributed by atoms with E-state index in [9.17, 15) is 22.8 Å². The van der Waals surface area contributed by atoms with Crippen molar-refractivity contribution < 1.29 is 27.5 Å². The van der Waals surface area contributed by atoms with E-state index in [1.54, 1.807) is 33.0 Å². The van der Waals surface area contributed by atoms with Crippen LogP contribution in [0.4, 0.5) is 4.79 Å². The number of carbonyl (C=O) groups excluding carboxylic acids is 3. The predicted octanol–water partition coefficient (Wildman–Crippen LogP) is 0.424. The molecular weight excluding hydrogens is 350 g/mol. The Labute approximate surface area is 146 Å². The SMILES string of the molecule is Cc1ccc(S(=O)(=O)NC(C)(C)C)cc1C(=O)OCC(=O)NC(N)=O. The fourth-order valence-corrected chi connectivity index (χ4v) is 3.28. The van der Waals surface area contributed by atoms with Gasteiger partial charge in [0.25, 0.3) is 5.91 Å². The number of nitrogens with one attached hydrogen (secondary N) is 2. The van der Waals surface area contributed by atoms with Crippen LogP contribution < -0.4 is 15.8 Å². The molecule has 0 bridgehead atoms. The van der Waals surface area contributed by atoms with Gasteiger partial charge in [-0.2, -0.15) is 0 Å². The molecule has 0 saturated carbocycles. The van der Waals surface area contributed by atoms with Gasteiger partial charge in [-0.25, -0.2) is 22.7 Å². The molecule has 25 heavy (non-hydrogen) atoms. The van der Waals surface area contributed by atoms with Gasteiger partial charge in [-0.3, -0.25) is 10.1 Å². The first kappa shape index (κ1) is 20.6. The second-order valence-corrected chi connectivity index (χ2v) is 8.00. The lowest BCUT2D eigenvalue weighted by molar-refractivity contribution is -0.123. The van der Waals surface area contributed by atoms with Crippen molar-refractivity contribution in [1.82, 2.24) is 10.0 Å². The number of esters is 1. The molecule has 0 spiro atoms. The first-order valence-electron chi connectivity index (χ1n) is 7.23. The summed E-state index contributed by atoms with van der Waals surface area (Å²) in [5.41, 5.74) is 4.53. The summed E-state index contributed by atoms with van der Waals surface area (Å²) in [6.45, 7) is 5.92. The largest absolute Gasteiger partial charge is 0.452 e. The number of hydrogen-bond acceptors (Lipinski definition) is 6. The van der Waals surface area contributed by atoms with Crippen molar-refractivity contribution in [3.05, 3.63) is 29.3 Å². The number of benzene rings is 1. The van der Waals surface area contributed by atoms with Crippen molar-refractivity contribution >= 4 is 27.9 Å². The third-order valence-electron chi connectivity index (χ3n) is 2.78. The van der Waals surface area contributed by atoms with E-state index in [1.807, 2.05) is 0 Å². The normalized spacial score (nSPS) is 11.7. The van der Waals surface area contributed by atoms with E-state index < -0.39 is 40.1 Å². The molecule has 0 aliphatic carbocycles. The van der Waals surface area contributed by atoms with E-state index in [1.165, 1.54) is 12.1 Å². The summed E-state index contributed by atoms with van der Waals surface area (Å²) in [5, 5.41) is 1.74. The lowest BCUT2D eigenvalue weighted by Crippen LogP contribution is -2.40. The Bertz CT molecular complexity index is 796. The first-order valence-corrected chi connectivity index (χ1v) is 8.71. The Kier molecular flexibility index (Phi) is 6.27. The quantitative estimate of drug-likeness (QED) is 0.640. The van der Waals surface area contributed by atoms with E-state index in [4.69, 9.17) is 10.5 Å². The molecule has 3 amide bonds. The van der Waals surface area contributed by atoms with Crippen LogP contribution in [0.25, 0.3) is 0 Å². The average molecular weight is 371 g/mol. The van der Waals surface area contributed by atoms with Gasteiger partial charge in [-0.1, -0.05) is 6.07 Å². The molecule has 0 heterocycles. The van der Waals surface area contributed by atoms with E-state index in [0.29, 0.717) is 5.56 Å². The molecule has 1 rings (SSSR count). The fraction of sp³-hybridized carbons (Fsp3) is 0.400. The highest BCUT2D eigenvalue weighted by Gasteiger charge is 2.24. The number of hydrogen-bond donors (Lipinski definition) is 3. The smallest absolute Gasteiger partial charge is 0.338 e. The summed E-state index contributed by atoms with van der Waals surface area (Å²) in [4.78, 5) is 33.8. The Morgan fingerprint density at radius 1 is 1.20 bits per heavy atom. The first-order chi connectivity index (χ1) is 11.3. The molecule has 4 N–H and O–H groups in total. The highest BCUT2D eigenvalue weighted by Crippen LogP contribution is 2.18. The average Bonchev–Trinajstić information content (AvgIpc) is 2.41. The molecule has 10 heteroatoms. The fourth-order valence-electron chi connectivity index (χ4n) is 1.83. The van der Waals surface area contributed by atoms with Gasteiger partial charge in [0.15, 0.2) is 6.61 Å². The minimum atomic E-state index is -3.84. The Hall–Kier alpha value is -2.46. The molecule has 0 aliphatic rings. The van der Waals surface area contributed by atoms with Crippen LogP contribution in [0.1, 0.15) is 36.7 Å². The molecule has 138 valence electrons. The number of imide groups is 1. The zero-order chi connectivity index (χ0) is 19.4. The lowest BCUT2D eigenvalue weighted by Gasteiger charge is -2.20. The summed E-state index contributed by atoms with van der Waals surface area (Å²) in [6.07, 6.45) is 0. The minimum absolute atomic E-state index is 0.0105. The Morgan fingerprint density at radius 3 is 2.32 bits per heavy atom. The van der Waals surface area contributed by atoms with Crippen LogP contribution in [0.5, 0.6) is 0 Å². The van der Waals surface area contributed by atoms with Gasteiger partial charge in [0.1, 0.15) is 0 Å². The van der Waals surface area contributed by atoms with Gasteiger partial charge < -0.3 is 10.5 Å². The van der Waals surface area contributed by atoms with Crippen molar-refractivity contribution in [1.29, 1.82) is 0 Å². The number of amides is 3. The molecule has 0 aliphatic heterocycles. The van der Waals surface area contributed by atoms with Crippen molar-refractivity contribution in [3.63, 3.8) is 0 Å². The molecule has 0 atom stereocenters. The molecule has 1 aromatic rings. The third-order valence-corrected chi connectivity index (χ3v) is 4.53. The number of rotatable bonds is 5. The Balaban J connectivity index is 3.00. The van der Waals surface area contributed by atoms with Crippen molar-refractivity contribution in [2.75, 3.05) is 6.61 Å². The highest BCUT2D eigenvalue weighted by atomic mass is 32.2. The maximum Gasteiger partial charge on any atom is 0.338 e. The van der Waals surface area contributed by atoms with Crippen LogP contribution >= 0.6 is 0 Å². The predicted molar refractivity (Wildman–Crippen MR) is 89.3 cm³/mol. The van der Waals surface area contributed by atoms with Gasteiger partial charge in [0.2, 0.25) is 10.0 Å². The third kappa shape index (κ3) is 6.51. The minimum Gasteiger partial charge on any atom is -0.452 e. The van der Waals surface area contributed by atoms with E-state index in [-0.39, 0.29) is 10.5 Å². The Morgan fingerprint density at radius 2 is 1.80 bits per heavy atom. The van der Waals surface area contributed by atoms with Gasteiger partial charge >= 0.3 is 12.0 Å². The molecule has 9 nitrogen and oxygen atoms in total. The molecule has 1 aromatic carbocycles. The summed E-state index contributed by atoms with van der Waals surface area (Å²) in [6, 6.07) is 2.91. The van der Waals surface area contributed by atoms with Crippen LogP contribution in [0.2, 0.25) is 0 Å². The van der Waals surface area contributed by atoms with Gasteiger partial charge in [-0.05, 0) is 45.4 Å². The number of urea groups is 1. The molecule has 0 saturated heterocycles. The summed E-state index contributed by atoms with van der Waals surface area (Å²) in [5.74, 6) is -1.79. The van der Waals surface area contributed by atoms with E-state index in [0.717, 1.165) is 6.07 Å². The van der Waals surface area contributed by atoms with Gasteiger partial charge in [0, 0.05) is 5.54 Å². The van der Waals surface area contributed by atoms with E-state index >= 15 is 0 Å². The van der Waals surface area contributed by atoms with Crippen LogP contribution in [-0.2, 0) is 19.6 Å². The van der Waals surface area contributed by atoms with Crippen LogP contribution in [0, 0.1) is 6.92 Å². The number of aryl methyl sites for hydroxylation is 1. The maximum atomic E-state index is 12.3. The van der Waals surface area contributed by atoms with Crippen LogP contribution in [-0.4, -0.2) is 38.5 Å². The summed E-state index contributed by atoms with van der Waals surface area (Å²) in [7, 11) is -3.84. The molecule has 0 aromatic heterocycles. The molecule has 0 radical (unpaired) electrons. The van der Waals surface area contributed by atoms with Crippen molar-refractivity contribution in [3.8, 4) is 0 Å². The molecular formula is C15H21N3O6S. The number of nitrogens with two attached hydrogens (primary N) is 1. The van der Waals surface area contributed by atoms with Gasteiger partial charge in [-0.15, -0.1) is 0 Å². The zero-order valence-electron chi connectivity index (χ0n) is 14.4. The molecule has 0 unspecified atom stereocenters. The van der Waals surface area contributed by atoms with Gasteiger partial charge in [0.05, 0.1) is 10.5 Å². The standard InChI is InChI=1S/C15H21N3O6S/c1-9-5-6-10(25(22,23)18-15(2,3)4)7-11(9)13(20)24-8-12(19)17-14(16)21/h5-7,18H,8H2,1-4H3,(H3,16,17,19,21). The monoisotopic (exact) mass is 371 g/mol. The number of carbonyl (C=O) groups is 3. The van der Waals surface area contributed by atoms with Crippen LogP contribution in [0.3, 0.4) is 0 Å². The topological polar surface area (TPSA) is 145 Å². The van der Waals surface area contributed by atoms with Crippen molar-refractivity contribution in [2.24, 2.45) is 5.73 Å². The van der Waals surface area contributed by atoms with E-state index in [2.05, 4.69) is 4.72 Å². The second kappa shape index (κ2) is 7.62. The van der Waals surface area contributed by atoms with Crippen LogP contribution in [0.15, 0.2) is 23.1 Å². The summed E-state index contributed by atoms with van der Waals surface area (Å²) >= 11 is 0. The summed E-state index contributed by atoms with van der Waals surface area (Å²) < 4.78 is 31.9. The number of ether oxygens (including phenoxy) is 1. The number of primary amides is 1. The number of sulfonamides is 1. The van der Waals surface area contributed by atoms with Crippen molar-refractivity contribution in [2.45, 2.75) is 38.1 Å². The maximum absolute atomic E-state index is 12.3. The highest BCUT2D eigenvalue weighted by molar-refractivity contribution is 7.89. The second-order valence-electron chi connectivity index (χ2n) is 6.32. The zero-order valence-corrected chi connectivity index (χ0v) is 15.2. The molecule has 0 fully saturated rings.